The van der Waals surface area contributed by atoms with Gasteiger partial charge < -0.3 is 19.7 Å². The Morgan fingerprint density at radius 3 is 2.21 bits per heavy atom. The lowest BCUT2D eigenvalue weighted by Gasteiger charge is -2.29. The monoisotopic (exact) mass is 454 g/mol. The molecule has 0 spiro atoms. The molecule has 0 aromatic heterocycles. The Morgan fingerprint density at radius 1 is 0.939 bits per heavy atom. The molecule has 2 aromatic carbocycles. The number of hydrogen-bond donors (Lipinski definition) is 1. The summed E-state index contributed by atoms with van der Waals surface area (Å²) in [7, 11) is 0. The van der Waals surface area contributed by atoms with Gasteiger partial charge in [-0.2, -0.15) is 0 Å². The van der Waals surface area contributed by atoms with E-state index in [4.69, 9.17) is 9.47 Å². The fraction of sp³-hybridized carbons (Fsp3) is 0.481. The summed E-state index contributed by atoms with van der Waals surface area (Å²) < 4.78 is 11.3. The molecule has 6 nitrogen and oxygen atoms in total. The van der Waals surface area contributed by atoms with Gasteiger partial charge in [0.2, 0.25) is 11.8 Å². The van der Waals surface area contributed by atoms with Gasteiger partial charge in [-0.25, -0.2) is 0 Å². The fourth-order valence-electron chi connectivity index (χ4n) is 3.51. The van der Waals surface area contributed by atoms with Crippen molar-refractivity contribution in [1.82, 2.24) is 10.2 Å². The molecule has 2 aromatic rings. The molecule has 180 valence electrons. The van der Waals surface area contributed by atoms with E-state index < -0.39 is 6.04 Å². The molecule has 0 saturated carbocycles. The Hall–Kier alpha value is -3.02. The van der Waals surface area contributed by atoms with Crippen LogP contribution in [0.4, 0.5) is 0 Å². The summed E-state index contributed by atoms with van der Waals surface area (Å²) in [6.07, 6.45) is 1.71. The van der Waals surface area contributed by atoms with Crippen molar-refractivity contribution in [1.29, 1.82) is 0 Å². The molecule has 0 heterocycles. The largest absolute Gasteiger partial charge is 0.490 e. The topological polar surface area (TPSA) is 67.9 Å². The molecule has 1 unspecified atom stereocenters. The van der Waals surface area contributed by atoms with Crippen molar-refractivity contribution in [3.05, 3.63) is 59.2 Å². The Bertz CT molecular complexity index is 895. The molecule has 1 N–H and O–H groups in total. The van der Waals surface area contributed by atoms with Gasteiger partial charge in [-0.05, 0) is 63.8 Å². The minimum atomic E-state index is -0.551. The third-order valence-electron chi connectivity index (χ3n) is 5.43. The molecular formula is C27H38N2O4. The Morgan fingerprint density at radius 2 is 1.58 bits per heavy atom. The predicted molar refractivity (Wildman–Crippen MR) is 132 cm³/mol. The highest BCUT2D eigenvalue weighted by atomic mass is 16.5. The van der Waals surface area contributed by atoms with E-state index in [2.05, 4.69) is 5.32 Å². The fourth-order valence-corrected chi connectivity index (χ4v) is 3.51. The van der Waals surface area contributed by atoms with Gasteiger partial charge in [-0.15, -0.1) is 0 Å². The Balaban J connectivity index is 2.15. The van der Waals surface area contributed by atoms with Crippen LogP contribution >= 0.6 is 0 Å². The first kappa shape index (κ1) is 26.2. The molecule has 2 rings (SSSR count). The van der Waals surface area contributed by atoms with Gasteiger partial charge >= 0.3 is 0 Å². The van der Waals surface area contributed by atoms with Crippen LogP contribution in [0, 0.1) is 6.92 Å². The summed E-state index contributed by atoms with van der Waals surface area (Å²) in [5.41, 5.74) is 3.16. The maximum Gasteiger partial charge on any atom is 0.242 e. The van der Waals surface area contributed by atoms with E-state index in [1.807, 2.05) is 70.2 Å². The Labute approximate surface area is 198 Å². The second-order valence-corrected chi connectivity index (χ2v) is 8.12. The lowest BCUT2D eigenvalue weighted by Crippen LogP contribution is -2.47. The van der Waals surface area contributed by atoms with Crippen molar-refractivity contribution in [2.75, 3.05) is 19.8 Å². The van der Waals surface area contributed by atoms with Crippen LogP contribution in [0.2, 0.25) is 0 Å². The van der Waals surface area contributed by atoms with Crippen molar-refractivity contribution in [3.63, 3.8) is 0 Å². The zero-order chi connectivity index (χ0) is 24.2. The molecule has 0 saturated heterocycles. The van der Waals surface area contributed by atoms with E-state index in [9.17, 15) is 9.59 Å². The predicted octanol–water partition coefficient (Wildman–Crippen LogP) is 4.67. The molecule has 0 aliphatic carbocycles. The number of nitrogens with one attached hydrogen (secondary N) is 1. The zero-order valence-corrected chi connectivity index (χ0v) is 20.6. The lowest BCUT2D eigenvalue weighted by molar-refractivity contribution is -0.140. The van der Waals surface area contributed by atoms with Crippen LogP contribution in [-0.2, 0) is 22.6 Å². The van der Waals surface area contributed by atoms with Gasteiger partial charge in [0.25, 0.3) is 0 Å². The number of benzene rings is 2. The van der Waals surface area contributed by atoms with Crippen molar-refractivity contribution in [3.8, 4) is 11.5 Å². The van der Waals surface area contributed by atoms with E-state index in [1.54, 1.807) is 11.8 Å². The second kappa shape index (κ2) is 13.5. The third-order valence-corrected chi connectivity index (χ3v) is 5.43. The van der Waals surface area contributed by atoms with Gasteiger partial charge in [-0.1, -0.05) is 42.8 Å². The molecule has 0 radical (unpaired) electrons. The van der Waals surface area contributed by atoms with Crippen molar-refractivity contribution >= 4 is 11.8 Å². The minimum Gasteiger partial charge on any atom is -0.490 e. The molecule has 6 heteroatoms. The van der Waals surface area contributed by atoms with Crippen LogP contribution in [0.3, 0.4) is 0 Å². The van der Waals surface area contributed by atoms with E-state index in [-0.39, 0.29) is 11.8 Å². The average molecular weight is 455 g/mol. The van der Waals surface area contributed by atoms with Crippen LogP contribution in [0.1, 0.15) is 57.2 Å². The number of carbonyl (C=O) groups excluding carboxylic acids is 2. The number of aryl methyl sites for hydroxylation is 2. The molecule has 2 amide bonds. The number of rotatable bonds is 13. The SMILES string of the molecule is CCCNC(=O)C(C)N(Cc1ccc(C)cc1)C(=O)CCc1ccc(OCC)c(OCC)c1. The first-order chi connectivity index (χ1) is 15.9. The maximum absolute atomic E-state index is 13.3. The third kappa shape index (κ3) is 8.12. The standard InChI is InChI=1S/C27H38N2O4/c1-6-17-28-27(31)21(5)29(19-23-11-9-20(4)10-12-23)26(30)16-14-22-13-15-24(32-7-2)25(18-22)33-8-3/h9-13,15,18,21H,6-8,14,16-17,19H2,1-5H3,(H,28,31). The van der Waals surface area contributed by atoms with Gasteiger partial charge in [0, 0.05) is 19.5 Å². The molecular weight excluding hydrogens is 416 g/mol. The highest BCUT2D eigenvalue weighted by Crippen LogP contribution is 2.29. The number of hydrogen-bond acceptors (Lipinski definition) is 4. The summed E-state index contributed by atoms with van der Waals surface area (Å²) >= 11 is 0. The van der Waals surface area contributed by atoms with Gasteiger partial charge in [0.1, 0.15) is 6.04 Å². The lowest BCUT2D eigenvalue weighted by atomic mass is 10.1. The minimum absolute atomic E-state index is 0.0541. The summed E-state index contributed by atoms with van der Waals surface area (Å²) in [4.78, 5) is 27.6. The molecule has 0 aliphatic heterocycles. The highest BCUT2D eigenvalue weighted by molar-refractivity contribution is 5.87. The molecule has 1 atom stereocenters. The first-order valence-electron chi connectivity index (χ1n) is 11.9. The molecule has 0 bridgehead atoms. The van der Waals surface area contributed by atoms with Crippen molar-refractivity contribution in [2.24, 2.45) is 0 Å². The van der Waals surface area contributed by atoms with Crippen LogP contribution in [-0.4, -0.2) is 42.5 Å². The first-order valence-corrected chi connectivity index (χ1v) is 11.9. The second-order valence-electron chi connectivity index (χ2n) is 8.12. The molecule has 33 heavy (non-hydrogen) atoms. The highest BCUT2D eigenvalue weighted by Gasteiger charge is 2.25. The van der Waals surface area contributed by atoms with Crippen molar-refractivity contribution in [2.45, 2.75) is 66.5 Å². The van der Waals surface area contributed by atoms with Crippen LogP contribution < -0.4 is 14.8 Å². The van der Waals surface area contributed by atoms with Gasteiger partial charge in [0.15, 0.2) is 11.5 Å². The number of nitrogens with zero attached hydrogens (tertiary/aromatic N) is 1. The summed E-state index contributed by atoms with van der Waals surface area (Å²) in [5.74, 6) is 1.21. The van der Waals surface area contributed by atoms with Crippen LogP contribution in [0.15, 0.2) is 42.5 Å². The van der Waals surface area contributed by atoms with Crippen molar-refractivity contribution < 1.29 is 19.1 Å². The molecule has 0 aliphatic rings. The number of carbonyl (C=O) groups is 2. The van der Waals surface area contributed by atoms with Crippen LogP contribution in [0.25, 0.3) is 0 Å². The Kier molecular flexibility index (Phi) is 10.7. The molecule has 0 fully saturated rings. The van der Waals surface area contributed by atoms with E-state index in [1.165, 1.54) is 0 Å². The van der Waals surface area contributed by atoms with E-state index in [0.29, 0.717) is 50.6 Å². The summed E-state index contributed by atoms with van der Waals surface area (Å²) in [5, 5.41) is 2.91. The van der Waals surface area contributed by atoms with E-state index in [0.717, 1.165) is 23.1 Å². The van der Waals surface area contributed by atoms with E-state index >= 15 is 0 Å². The number of amides is 2. The number of ether oxygens (including phenoxy) is 2. The zero-order valence-electron chi connectivity index (χ0n) is 20.6. The van der Waals surface area contributed by atoms with Crippen LogP contribution in [0.5, 0.6) is 11.5 Å². The smallest absolute Gasteiger partial charge is 0.242 e. The average Bonchev–Trinajstić information content (AvgIpc) is 2.81. The van der Waals surface area contributed by atoms with Gasteiger partial charge in [-0.3, -0.25) is 9.59 Å². The maximum atomic E-state index is 13.3. The normalized spacial score (nSPS) is 11.5. The summed E-state index contributed by atoms with van der Waals surface area (Å²) in [6, 6.07) is 13.3. The van der Waals surface area contributed by atoms with Gasteiger partial charge in [0.05, 0.1) is 13.2 Å². The quantitative estimate of drug-likeness (QED) is 0.478. The summed E-state index contributed by atoms with van der Waals surface area (Å²) in [6.45, 7) is 11.8.